The van der Waals surface area contributed by atoms with Crippen molar-refractivity contribution >= 4 is 0 Å². The molecular formula is C12H20O2. The van der Waals surface area contributed by atoms with Crippen molar-refractivity contribution in [3.05, 3.63) is 0 Å². The minimum absolute atomic E-state index is 0.0503. The molecule has 0 aromatic rings. The second kappa shape index (κ2) is 5.38. The summed E-state index contributed by atoms with van der Waals surface area (Å²) in [6.45, 7) is 4.23. The van der Waals surface area contributed by atoms with Crippen molar-refractivity contribution in [3.8, 4) is 11.8 Å². The zero-order valence-electron chi connectivity index (χ0n) is 9.18. The Hall–Kier alpha value is -0.520. The Kier molecular flexibility index (Phi) is 4.44. The Morgan fingerprint density at radius 1 is 1.36 bits per heavy atom. The van der Waals surface area contributed by atoms with Gasteiger partial charge in [0.1, 0.15) is 6.10 Å². The average Bonchev–Trinajstić information content (AvgIpc) is 2.84. The maximum Gasteiger partial charge on any atom is 0.154 e. The summed E-state index contributed by atoms with van der Waals surface area (Å²) < 4.78 is 5.26. The third-order valence-electron chi connectivity index (χ3n) is 2.60. The molecule has 1 fully saturated rings. The van der Waals surface area contributed by atoms with Crippen LogP contribution in [0, 0.1) is 11.8 Å². The monoisotopic (exact) mass is 196 g/mol. The molecule has 1 aliphatic rings. The van der Waals surface area contributed by atoms with Crippen LogP contribution in [0.4, 0.5) is 0 Å². The minimum atomic E-state index is -0.348. The summed E-state index contributed by atoms with van der Waals surface area (Å²) in [5.41, 5.74) is -0.348. The molecule has 1 rings (SSSR count). The van der Waals surface area contributed by atoms with Crippen LogP contribution in [0.1, 0.15) is 46.0 Å². The Labute approximate surface area is 86.7 Å². The lowest BCUT2D eigenvalue weighted by Crippen LogP contribution is -2.09. The van der Waals surface area contributed by atoms with Crippen LogP contribution < -0.4 is 0 Å². The van der Waals surface area contributed by atoms with Crippen molar-refractivity contribution < 1.29 is 9.84 Å². The number of aliphatic hydroxyl groups is 1. The van der Waals surface area contributed by atoms with Gasteiger partial charge in [0.05, 0.1) is 6.61 Å². The topological polar surface area (TPSA) is 32.8 Å². The van der Waals surface area contributed by atoms with E-state index in [2.05, 4.69) is 18.8 Å². The molecule has 2 nitrogen and oxygen atoms in total. The van der Waals surface area contributed by atoms with Crippen LogP contribution in [0.25, 0.3) is 0 Å². The first kappa shape index (κ1) is 11.6. The highest BCUT2D eigenvalue weighted by Crippen LogP contribution is 2.34. The summed E-state index contributed by atoms with van der Waals surface area (Å²) in [6.07, 6.45) is 5.92. The van der Waals surface area contributed by atoms with Crippen LogP contribution in [0.2, 0.25) is 0 Å². The molecule has 0 unspecified atom stereocenters. The van der Waals surface area contributed by atoms with E-state index in [1.54, 1.807) is 0 Å². The van der Waals surface area contributed by atoms with Crippen LogP contribution in [0.3, 0.4) is 0 Å². The van der Waals surface area contributed by atoms with Gasteiger partial charge in [0.2, 0.25) is 0 Å². The molecule has 0 amide bonds. The molecule has 1 N–H and O–H groups in total. The molecule has 14 heavy (non-hydrogen) atoms. The van der Waals surface area contributed by atoms with Gasteiger partial charge in [-0.3, -0.25) is 0 Å². The lowest BCUT2D eigenvalue weighted by molar-refractivity contribution is 0.240. The normalized spacial score (nSPS) is 29.5. The second-order valence-electron chi connectivity index (χ2n) is 4.01. The van der Waals surface area contributed by atoms with E-state index in [4.69, 9.17) is 9.84 Å². The molecule has 0 spiro atoms. The lowest BCUT2D eigenvalue weighted by atomic mass is 10.1. The fraction of sp³-hybridized carbons (Fsp3) is 0.833. The van der Waals surface area contributed by atoms with Crippen molar-refractivity contribution in [3.63, 3.8) is 0 Å². The SMILES string of the molecule is CCCCCCC#C[C@]1(C)O[C@@H]1CO. The number of unbranched alkanes of at least 4 members (excludes halogenated alkanes) is 4. The summed E-state index contributed by atoms with van der Waals surface area (Å²) in [6, 6.07) is 0. The molecule has 0 radical (unpaired) electrons. The molecule has 0 aromatic heterocycles. The van der Waals surface area contributed by atoms with Gasteiger partial charge in [0.25, 0.3) is 0 Å². The highest BCUT2D eigenvalue weighted by atomic mass is 16.6. The van der Waals surface area contributed by atoms with Crippen LogP contribution in [-0.2, 0) is 4.74 Å². The first-order chi connectivity index (χ1) is 6.73. The van der Waals surface area contributed by atoms with Crippen molar-refractivity contribution in [1.29, 1.82) is 0 Å². The van der Waals surface area contributed by atoms with Crippen LogP contribution >= 0.6 is 0 Å². The maximum absolute atomic E-state index is 8.82. The predicted molar refractivity (Wildman–Crippen MR) is 56.9 cm³/mol. The van der Waals surface area contributed by atoms with E-state index >= 15 is 0 Å². The summed E-state index contributed by atoms with van der Waals surface area (Å²) in [5, 5.41) is 8.82. The van der Waals surface area contributed by atoms with Gasteiger partial charge in [-0.05, 0) is 13.3 Å². The maximum atomic E-state index is 8.82. The molecule has 2 heteroatoms. The molecule has 1 saturated heterocycles. The van der Waals surface area contributed by atoms with E-state index in [1.165, 1.54) is 25.7 Å². The second-order valence-corrected chi connectivity index (χ2v) is 4.01. The van der Waals surface area contributed by atoms with Gasteiger partial charge < -0.3 is 9.84 Å². The number of ether oxygens (including phenoxy) is 1. The molecular weight excluding hydrogens is 176 g/mol. The fourth-order valence-corrected chi connectivity index (χ4v) is 1.46. The first-order valence-corrected chi connectivity index (χ1v) is 5.51. The van der Waals surface area contributed by atoms with Gasteiger partial charge in [0, 0.05) is 6.42 Å². The molecule has 0 aromatic carbocycles. The number of aliphatic hydroxyl groups excluding tert-OH is 1. The van der Waals surface area contributed by atoms with Crippen molar-refractivity contribution in [2.24, 2.45) is 0 Å². The number of hydrogen-bond donors (Lipinski definition) is 1. The molecule has 0 bridgehead atoms. The molecule has 0 aliphatic carbocycles. The third kappa shape index (κ3) is 3.32. The van der Waals surface area contributed by atoms with Gasteiger partial charge in [-0.2, -0.15) is 0 Å². The van der Waals surface area contributed by atoms with E-state index in [9.17, 15) is 0 Å². The Bertz CT molecular complexity index is 226. The number of rotatable bonds is 5. The number of hydrogen-bond acceptors (Lipinski definition) is 2. The van der Waals surface area contributed by atoms with Crippen LogP contribution in [0.15, 0.2) is 0 Å². The van der Waals surface area contributed by atoms with E-state index in [0.29, 0.717) is 0 Å². The Morgan fingerprint density at radius 3 is 2.71 bits per heavy atom. The zero-order valence-corrected chi connectivity index (χ0v) is 9.18. The average molecular weight is 196 g/mol. The fourth-order valence-electron chi connectivity index (χ4n) is 1.46. The largest absolute Gasteiger partial charge is 0.394 e. The van der Waals surface area contributed by atoms with Crippen LogP contribution in [-0.4, -0.2) is 23.4 Å². The molecule has 0 saturated carbocycles. The summed E-state index contributed by atoms with van der Waals surface area (Å²) >= 11 is 0. The molecule has 1 heterocycles. The summed E-state index contributed by atoms with van der Waals surface area (Å²) in [4.78, 5) is 0. The van der Waals surface area contributed by atoms with Crippen molar-refractivity contribution in [2.75, 3.05) is 6.61 Å². The van der Waals surface area contributed by atoms with Crippen molar-refractivity contribution in [2.45, 2.75) is 57.7 Å². The van der Waals surface area contributed by atoms with Gasteiger partial charge >= 0.3 is 0 Å². The van der Waals surface area contributed by atoms with E-state index in [-0.39, 0.29) is 18.3 Å². The smallest absolute Gasteiger partial charge is 0.154 e. The predicted octanol–water partition coefficient (Wildman–Crippen LogP) is 2.11. The summed E-state index contributed by atoms with van der Waals surface area (Å²) in [5.74, 6) is 6.20. The molecule has 1 aliphatic heterocycles. The Balaban J connectivity index is 2.09. The number of epoxide rings is 1. The summed E-state index contributed by atoms with van der Waals surface area (Å²) in [7, 11) is 0. The van der Waals surface area contributed by atoms with Gasteiger partial charge in [-0.1, -0.05) is 32.1 Å². The van der Waals surface area contributed by atoms with Gasteiger partial charge in [0.15, 0.2) is 5.60 Å². The van der Waals surface area contributed by atoms with Gasteiger partial charge in [-0.15, -0.1) is 5.92 Å². The Morgan fingerprint density at radius 2 is 2.14 bits per heavy atom. The van der Waals surface area contributed by atoms with E-state index in [1.807, 2.05) is 6.92 Å². The van der Waals surface area contributed by atoms with E-state index in [0.717, 1.165) is 6.42 Å². The molecule has 2 atom stereocenters. The van der Waals surface area contributed by atoms with Crippen molar-refractivity contribution in [1.82, 2.24) is 0 Å². The zero-order chi connectivity index (χ0) is 10.4. The quantitative estimate of drug-likeness (QED) is 0.415. The standard InChI is InChI=1S/C12H20O2/c1-3-4-5-6-7-8-9-12(2)11(10-13)14-12/h11,13H,3-7,10H2,1-2H3/t11-,12+/m1/s1. The highest BCUT2D eigenvalue weighted by Gasteiger charge is 2.50. The molecule has 80 valence electrons. The highest BCUT2D eigenvalue weighted by molar-refractivity contribution is 5.23. The third-order valence-corrected chi connectivity index (χ3v) is 2.60. The first-order valence-electron chi connectivity index (χ1n) is 5.51. The lowest BCUT2D eigenvalue weighted by Gasteiger charge is -1.94. The van der Waals surface area contributed by atoms with Crippen LogP contribution in [0.5, 0.6) is 0 Å². The minimum Gasteiger partial charge on any atom is -0.394 e. The van der Waals surface area contributed by atoms with Gasteiger partial charge in [-0.25, -0.2) is 0 Å². The van der Waals surface area contributed by atoms with E-state index < -0.39 is 0 Å².